The maximum Gasteiger partial charge on any atom is 0.243 e. The minimum absolute atomic E-state index is 0.0128. The highest BCUT2D eigenvalue weighted by atomic mass is 32.2. The van der Waals surface area contributed by atoms with Gasteiger partial charge in [-0.15, -0.1) is 0 Å². The molecule has 1 fully saturated rings. The van der Waals surface area contributed by atoms with Crippen molar-refractivity contribution in [2.24, 2.45) is 11.7 Å². The van der Waals surface area contributed by atoms with Gasteiger partial charge in [-0.25, -0.2) is 16.8 Å². The molecule has 1 saturated heterocycles. The van der Waals surface area contributed by atoms with Crippen LogP contribution in [0.2, 0.25) is 0 Å². The maximum absolute atomic E-state index is 14.3. The molecule has 238 valence electrons. The monoisotopic (exact) mass is 638 g/mol. The molecule has 14 heteroatoms. The maximum atomic E-state index is 14.3. The summed E-state index contributed by atoms with van der Waals surface area (Å²) in [7, 11) is -8.43. The Kier molecular flexibility index (Phi) is 10.1. The zero-order chi connectivity index (χ0) is 31.5. The number of nitrogens with one attached hydrogen (secondary N) is 1. The minimum atomic E-state index is -4.32. The lowest BCUT2D eigenvalue weighted by Gasteiger charge is -2.47. The number of fused-ring (bicyclic) bond motifs is 1. The molecule has 2 atom stereocenters. The van der Waals surface area contributed by atoms with Crippen LogP contribution < -0.4 is 20.5 Å². The Morgan fingerprint density at radius 2 is 1.72 bits per heavy atom. The number of carbonyl (C=O) groups excluding carboxylic acids is 1. The zero-order valence-corrected chi connectivity index (χ0v) is 26.5. The lowest BCUT2D eigenvalue weighted by Crippen LogP contribution is -2.65. The normalized spacial score (nSPS) is 18.8. The highest BCUT2D eigenvalue weighted by Gasteiger charge is 2.58. The highest BCUT2D eigenvalue weighted by Crippen LogP contribution is 2.42. The molecule has 2 aromatic rings. The van der Waals surface area contributed by atoms with Crippen molar-refractivity contribution >= 4 is 26.0 Å². The van der Waals surface area contributed by atoms with E-state index in [1.807, 2.05) is 13.8 Å². The van der Waals surface area contributed by atoms with E-state index in [9.17, 15) is 26.7 Å². The minimum Gasteiger partial charge on any atom is -0.454 e. The van der Waals surface area contributed by atoms with E-state index in [0.29, 0.717) is 30.2 Å². The first-order valence-electron chi connectivity index (χ1n) is 14.3. The van der Waals surface area contributed by atoms with Crippen LogP contribution in [0.4, 0.5) is 0 Å². The second-order valence-electron chi connectivity index (χ2n) is 11.7. The molecule has 0 spiro atoms. The van der Waals surface area contributed by atoms with Crippen molar-refractivity contribution in [2.45, 2.75) is 55.3 Å². The van der Waals surface area contributed by atoms with Crippen LogP contribution in [-0.2, 0) is 31.3 Å². The average Bonchev–Trinajstić information content (AvgIpc) is 3.44. The summed E-state index contributed by atoms with van der Waals surface area (Å²) in [6, 6.07) is 13.2. The predicted octanol–water partition coefficient (Wildman–Crippen LogP) is 1.30. The summed E-state index contributed by atoms with van der Waals surface area (Å²) < 4.78 is 67.7. The number of hydrogen-bond acceptors (Lipinski definition) is 9. The third-order valence-corrected chi connectivity index (χ3v) is 12.7. The van der Waals surface area contributed by atoms with Gasteiger partial charge in [-0.3, -0.25) is 4.79 Å². The molecule has 2 heterocycles. The van der Waals surface area contributed by atoms with Crippen molar-refractivity contribution in [3.63, 3.8) is 0 Å². The Balaban J connectivity index is 1.76. The molecule has 0 radical (unpaired) electrons. The van der Waals surface area contributed by atoms with E-state index in [1.54, 1.807) is 30.3 Å². The second-order valence-corrected chi connectivity index (χ2v) is 16.0. The Labute approximate surface area is 254 Å². The van der Waals surface area contributed by atoms with Gasteiger partial charge in [-0.2, -0.15) is 8.61 Å². The van der Waals surface area contributed by atoms with Gasteiger partial charge in [0.25, 0.3) is 0 Å². The van der Waals surface area contributed by atoms with Crippen molar-refractivity contribution in [3.05, 3.63) is 54.1 Å². The number of hydrogen-bond donors (Lipinski definition) is 3. The molecule has 2 aliphatic heterocycles. The number of sulfonamides is 2. The molecule has 43 heavy (non-hydrogen) atoms. The van der Waals surface area contributed by atoms with Crippen LogP contribution in [0.1, 0.15) is 39.2 Å². The van der Waals surface area contributed by atoms with E-state index >= 15 is 0 Å². The van der Waals surface area contributed by atoms with E-state index in [2.05, 4.69) is 5.32 Å². The molecular formula is C29H42N4O8S2. The van der Waals surface area contributed by atoms with Gasteiger partial charge < -0.3 is 25.6 Å². The molecule has 12 nitrogen and oxygen atoms in total. The highest BCUT2D eigenvalue weighted by molar-refractivity contribution is 7.90. The summed E-state index contributed by atoms with van der Waals surface area (Å²) in [5.41, 5.74) is 4.17. The Bertz CT molecular complexity index is 1500. The molecule has 0 aliphatic carbocycles. The number of aliphatic hydroxyl groups is 1. The van der Waals surface area contributed by atoms with Crippen LogP contribution in [0.5, 0.6) is 11.5 Å². The summed E-state index contributed by atoms with van der Waals surface area (Å²) in [5.74, 6) is -0.235. The Morgan fingerprint density at radius 1 is 1.07 bits per heavy atom. The summed E-state index contributed by atoms with van der Waals surface area (Å²) >= 11 is 0. The van der Waals surface area contributed by atoms with Crippen LogP contribution in [0, 0.1) is 5.92 Å². The summed E-state index contributed by atoms with van der Waals surface area (Å²) in [4.78, 5) is 12.4. The first-order chi connectivity index (χ1) is 20.2. The van der Waals surface area contributed by atoms with Gasteiger partial charge in [0.1, 0.15) is 4.75 Å². The fourth-order valence-corrected chi connectivity index (χ4v) is 9.52. The summed E-state index contributed by atoms with van der Waals surface area (Å²) in [5, 5.41) is 15.7. The molecule has 4 N–H and O–H groups in total. The van der Waals surface area contributed by atoms with Crippen LogP contribution in [-0.4, -0.2) is 92.9 Å². The number of rotatable bonds is 14. The smallest absolute Gasteiger partial charge is 0.243 e. The second kappa shape index (κ2) is 13.1. The van der Waals surface area contributed by atoms with Crippen LogP contribution in [0.15, 0.2) is 53.4 Å². The van der Waals surface area contributed by atoms with E-state index < -0.39 is 42.7 Å². The molecular weight excluding hydrogens is 596 g/mol. The molecule has 4 rings (SSSR count). The van der Waals surface area contributed by atoms with Gasteiger partial charge >= 0.3 is 0 Å². The van der Waals surface area contributed by atoms with E-state index in [0.717, 1.165) is 0 Å². The SMILES string of the molecule is CC(C)CN(CC[C@](O)(Cc1ccccc1)C(C)(CC(N)=O)S(=O)(=O)N1CCNCC1)S(=O)(=O)c1ccc2c(c1)OCO2. The lowest BCUT2D eigenvalue weighted by molar-refractivity contribution is -0.121. The van der Waals surface area contributed by atoms with E-state index in [4.69, 9.17) is 15.2 Å². The van der Waals surface area contributed by atoms with Crippen molar-refractivity contribution in [1.82, 2.24) is 13.9 Å². The van der Waals surface area contributed by atoms with Gasteiger partial charge in [0.15, 0.2) is 11.5 Å². The molecule has 0 bridgehead atoms. The summed E-state index contributed by atoms with van der Waals surface area (Å²) in [6.07, 6.45) is -1.09. The van der Waals surface area contributed by atoms with E-state index in [-0.39, 0.29) is 56.6 Å². The zero-order valence-electron chi connectivity index (χ0n) is 24.9. The van der Waals surface area contributed by atoms with Crippen molar-refractivity contribution < 1.29 is 36.2 Å². The predicted molar refractivity (Wildman–Crippen MR) is 161 cm³/mol. The number of nitrogens with two attached hydrogens (primary N) is 1. The molecule has 2 aliphatic rings. The Morgan fingerprint density at radius 3 is 2.35 bits per heavy atom. The Hall–Kier alpha value is -2.75. The van der Waals surface area contributed by atoms with Gasteiger partial charge in [-0.05, 0) is 37.0 Å². The number of amides is 1. The van der Waals surface area contributed by atoms with Crippen molar-refractivity contribution in [3.8, 4) is 11.5 Å². The summed E-state index contributed by atoms with van der Waals surface area (Å²) in [6.45, 7) is 6.11. The van der Waals surface area contributed by atoms with Gasteiger partial charge in [0.05, 0.1) is 10.5 Å². The van der Waals surface area contributed by atoms with Gasteiger partial charge in [0.2, 0.25) is 32.7 Å². The van der Waals surface area contributed by atoms with Crippen molar-refractivity contribution in [1.29, 1.82) is 0 Å². The molecule has 1 unspecified atom stereocenters. The quantitative estimate of drug-likeness (QED) is 0.276. The lowest BCUT2D eigenvalue weighted by atomic mass is 9.78. The number of nitrogens with zero attached hydrogens (tertiary/aromatic N) is 2. The standard InChI is InChI=1S/C29H42N4O8S2/c1-22(2)20-33(42(36,37)24-9-10-25-26(17-24)41-21-40-25)14-11-29(35,18-23-7-5-4-6-8-23)28(3,19-27(30)34)43(38,39)32-15-12-31-13-16-32/h4-10,17,22,31,35H,11-16,18-21H2,1-3H3,(H2,30,34)/t28?,29-/m0/s1. The van der Waals surface area contributed by atoms with Gasteiger partial charge in [0, 0.05) is 58.2 Å². The number of carbonyl (C=O) groups is 1. The third kappa shape index (κ3) is 6.99. The number of ether oxygens (including phenoxy) is 2. The van der Waals surface area contributed by atoms with Crippen LogP contribution in [0.25, 0.3) is 0 Å². The molecule has 2 aromatic carbocycles. The topological polar surface area (TPSA) is 169 Å². The van der Waals surface area contributed by atoms with Crippen LogP contribution >= 0.6 is 0 Å². The molecule has 1 amide bonds. The first-order valence-corrected chi connectivity index (χ1v) is 17.2. The third-order valence-electron chi connectivity index (χ3n) is 8.15. The first kappa shape index (κ1) is 33.1. The number of primary amides is 1. The largest absolute Gasteiger partial charge is 0.454 e. The van der Waals surface area contributed by atoms with E-state index in [1.165, 1.54) is 33.7 Å². The van der Waals surface area contributed by atoms with Gasteiger partial charge in [-0.1, -0.05) is 44.2 Å². The number of benzene rings is 2. The van der Waals surface area contributed by atoms with Crippen molar-refractivity contribution in [2.75, 3.05) is 46.1 Å². The van der Waals surface area contributed by atoms with Crippen LogP contribution in [0.3, 0.4) is 0 Å². The number of piperazine rings is 1. The molecule has 0 aromatic heterocycles. The fourth-order valence-electron chi connectivity index (χ4n) is 5.68. The fraction of sp³-hybridized carbons (Fsp3) is 0.552. The average molecular weight is 639 g/mol. The molecule has 0 saturated carbocycles.